The summed E-state index contributed by atoms with van der Waals surface area (Å²) < 4.78 is 48.8. The number of benzene rings is 2. The van der Waals surface area contributed by atoms with Gasteiger partial charge in [0.2, 0.25) is 10.0 Å². The minimum atomic E-state index is -3.65. The van der Waals surface area contributed by atoms with Gasteiger partial charge in [-0.25, -0.2) is 12.8 Å². The molecular formula is C24H26FN3O5S2. The third-order valence-electron chi connectivity index (χ3n) is 5.80. The average Bonchev–Trinajstić information content (AvgIpc) is 3.17. The van der Waals surface area contributed by atoms with Gasteiger partial charge in [0.05, 0.1) is 21.7 Å². The Kier molecular flexibility index (Phi) is 7.48. The number of thiazole rings is 1. The van der Waals surface area contributed by atoms with Crippen LogP contribution in [0.2, 0.25) is 0 Å². The zero-order valence-corrected chi connectivity index (χ0v) is 21.1. The molecule has 35 heavy (non-hydrogen) atoms. The minimum absolute atomic E-state index is 0.115. The summed E-state index contributed by atoms with van der Waals surface area (Å²) in [6.45, 7) is 4.51. The summed E-state index contributed by atoms with van der Waals surface area (Å²) >= 11 is 1.07. The topological polar surface area (TPSA) is 98.0 Å². The highest BCUT2D eigenvalue weighted by atomic mass is 32.2. The lowest BCUT2D eigenvalue weighted by molar-refractivity contribution is -0.143. The molecule has 2 heterocycles. The molecule has 1 unspecified atom stereocenters. The fourth-order valence-electron chi connectivity index (χ4n) is 4.09. The number of fused-ring (bicyclic) bond motifs is 1. The summed E-state index contributed by atoms with van der Waals surface area (Å²) in [6, 6.07) is 10.1. The Morgan fingerprint density at radius 2 is 1.94 bits per heavy atom. The Labute approximate surface area is 206 Å². The van der Waals surface area contributed by atoms with E-state index in [9.17, 15) is 22.4 Å². The number of para-hydroxylation sites is 1. The number of piperidine rings is 1. The van der Waals surface area contributed by atoms with E-state index in [1.165, 1.54) is 45.3 Å². The first kappa shape index (κ1) is 25.2. The molecule has 4 rings (SSSR count). The molecule has 1 fully saturated rings. The molecule has 0 N–H and O–H groups in total. The van der Waals surface area contributed by atoms with Crippen molar-refractivity contribution in [3.05, 3.63) is 58.6 Å². The number of rotatable bonds is 6. The molecule has 186 valence electrons. The van der Waals surface area contributed by atoms with E-state index in [1.54, 1.807) is 13.0 Å². The molecule has 1 aliphatic rings. The zero-order chi connectivity index (χ0) is 25.2. The SMILES string of the molecule is CCOC(=O)Cn1c(=NC(=O)c2ccc(S(=O)(=O)N3CCCC(C)C3)cc2)sc2cccc(F)c21. The van der Waals surface area contributed by atoms with Crippen LogP contribution in [0.4, 0.5) is 4.39 Å². The normalized spacial score (nSPS) is 17.6. The lowest BCUT2D eigenvalue weighted by atomic mass is 10.0. The summed E-state index contributed by atoms with van der Waals surface area (Å²) in [5.41, 5.74) is 0.339. The van der Waals surface area contributed by atoms with E-state index >= 15 is 0 Å². The van der Waals surface area contributed by atoms with Crippen LogP contribution in [0.1, 0.15) is 37.0 Å². The van der Waals surface area contributed by atoms with E-state index in [2.05, 4.69) is 4.99 Å². The first-order valence-electron chi connectivity index (χ1n) is 11.3. The number of hydrogen-bond acceptors (Lipinski definition) is 6. The van der Waals surface area contributed by atoms with Crippen LogP contribution in [0.15, 0.2) is 52.4 Å². The van der Waals surface area contributed by atoms with Crippen molar-refractivity contribution in [1.29, 1.82) is 0 Å². The van der Waals surface area contributed by atoms with Crippen molar-refractivity contribution < 1.29 is 27.1 Å². The number of amides is 1. The highest BCUT2D eigenvalue weighted by molar-refractivity contribution is 7.89. The van der Waals surface area contributed by atoms with E-state index in [0.717, 1.165) is 24.2 Å². The van der Waals surface area contributed by atoms with Crippen molar-refractivity contribution in [3.63, 3.8) is 0 Å². The number of ether oxygens (including phenoxy) is 1. The second kappa shape index (κ2) is 10.4. The van der Waals surface area contributed by atoms with Crippen LogP contribution < -0.4 is 4.80 Å². The van der Waals surface area contributed by atoms with E-state index in [0.29, 0.717) is 23.7 Å². The molecule has 0 aliphatic carbocycles. The van der Waals surface area contributed by atoms with Crippen molar-refractivity contribution in [2.24, 2.45) is 10.9 Å². The molecular weight excluding hydrogens is 493 g/mol. The Balaban J connectivity index is 1.66. The second-order valence-corrected chi connectivity index (χ2v) is 11.4. The van der Waals surface area contributed by atoms with Crippen LogP contribution in [-0.2, 0) is 26.1 Å². The molecule has 0 saturated carbocycles. The van der Waals surface area contributed by atoms with E-state index in [4.69, 9.17) is 4.74 Å². The summed E-state index contributed by atoms with van der Waals surface area (Å²) in [5.74, 6) is -1.46. The van der Waals surface area contributed by atoms with Gasteiger partial charge in [-0.1, -0.05) is 24.3 Å². The number of halogens is 1. The smallest absolute Gasteiger partial charge is 0.326 e. The van der Waals surface area contributed by atoms with E-state index in [1.807, 2.05) is 6.92 Å². The molecule has 0 spiro atoms. The summed E-state index contributed by atoms with van der Waals surface area (Å²) in [5, 5.41) is 0. The number of esters is 1. The van der Waals surface area contributed by atoms with Crippen molar-refractivity contribution in [2.45, 2.75) is 38.1 Å². The van der Waals surface area contributed by atoms with Gasteiger partial charge in [-0.2, -0.15) is 9.30 Å². The van der Waals surface area contributed by atoms with Gasteiger partial charge < -0.3 is 9.30 Å². The average molecular weight is 520 g/mol. The predicted octanol–water partition coefficient (Wildman–Crippen LogP) is 3.57. The fourth-order valence-corrected chi connectivity index (χ4v) is 6.73. The highest BCUT2D eigenvalue weighted by Crippen LogP contribution is 2.24. The maximum atomic E-state index is 14.5. The Morgan fingerprint density at radius 3 is 2.63 bits per heavy atom. The Morgan fingerprint density at radius 1 is 1.20 bits per heavy atom. The molecule has 1 atom stereocenters. The molecule has 1 amide bonds. The van der Waals surface area contributed by atoms with Gasteiger partial charge >= 0.3 is 5.97 Å². The molecule has 0 bridgehead atoms. The second-order valence-electron chi connectivity index (χ2n) is 8.41. The van der Waals surface area contributed by atoms with Crippen molar-refractivity contribution in [2.75, 3.05) is 19.7 Å². The quantitative estimate of drug-likeness (QED) is 0.464. The molecule has 0 radical (unpaired) electrons. The summed E-state index contributed by atoms with van der Waals surface area (Å²) in [6.07, 6.45) is 1.82. The van der Waals surface area contributed by atoms with Gasteiger partial charge in [0.15, 0.2) is 4.80 Å². The third kappa shape index (κ3) is 5.36. The van der Waals surface area contributed by atoms with Gasteiger partial charge in [-0.3, -0.25) is 9.59 Å². The van der Waals surface area contributed by atoms with Gasteiger partial charge in [0.25, 0.3) is 5.91 Å². The van der Waals surface area contributed by atoms with Gasteiger partial charge in [0, 0.05) is 18.7 Å². The van der Waals surface area contributed by atoms with Gasteiger partial charge in [0.1, 0.15) is 12.4 Å². The standard InChI is InChI=1S/C24H26FN3O5S2/c1-3-33-21(29)15-28-22-19(25)7-4-8-20(22)34-24(28)26-23(30)17-9-11-18(12-10-17)35(31,32)27-13-5-6-16(2)14-27/h4,7-12,16H,3,5-6,13-15H2,1-2H3. The first-order valence-corrected chi connectivity index (χ1v) is 13.6. The predicted molar refractivity (Wildman–Crippen MR) is 130 cm³/mol. The van der Waals surface area contributed by atoms with Gasteiger partial charge in [-0.15, -0.1) is 0 Å². The fraction of sp³-hybridized carbons (Fsp3) is 0.375. The van der Waals surface area contributed by atoms with Crippen molar-refractivity contribution in [1.82, 2.24) is 8.87 Å². The van der Waals surface area contributed by atoms with Crippen molar-refractivity contribution in [3.8, 4) is 0 Å². The van der Waals surface area contributed by atoms with E-state index in [-0.39, 0.29) is 33.9 Å². The van der Waals surface area contributed by atoms with Crippen molar-refractivity contribution >= 4 is 43.5 Å². The van der Waals surface area contributed by atoms with Crippen LogP contribution in [0.5, 0.6) is 0 Å². The highest BCUT2D eigenvalue weighted by Gasteiger charge is 2.28. The number of hydrogen-bond donors (Lipinski definition) is 0. The molecule has 1 saturated heterocycles. The Hall–Kier alpha value is -2.89. The molecule has 2 aromatic carbocycles. The van der Waals surface area contributed by atoms with Crippen LogP contribution in [0.3, 0.4) is 0 Å². The lowest BCUT2D eigenvalue weighted by Crippen LogP contribution is -2.39. The molecule has 1 aliphatic heterocycles. The molecule has 11 heteroatoms. The van der Waals surface area contributed by atoms with Crippen LogP contribution in [-0.4, -0.2) is 48.9 Å². The van der Waals surface area contributed by atoms with Crippen LogP contribution in [0, 0.1) is 11.7 Å². The zero-order valence-electron chi connectivity index (χ0n) is 19.4. The molecule has 3 aromatic rings. The molecule has 1 aromatic heterocycles. The Bertz CT molecular complexity index is 1430. The summed E-state index contributed by atoms with van der Waals surface area (Å²) in [4.78, 5) is 29.4. The number of carbonyl (C=O) groups excluding carboxylic acids is 2. The number of aromatic nitrogens is 1. The largest absolute Gasteiger partial charge is 0.465 e. The van der Waals surface area contributed by atoms with Crippen LogP contribution in [0.25, 0.3) is 10.2 Å². The number of sulfonamides is 1. The van der Waals surface area contributed by atoms with E-state index < -0.39 is 27.7 Å². The maximum Gasteiger partial charge on any atom is 0.326 e. The third-order valence-corrected chi connectivity index (χ3v) is 8.72. The molecule has 8 nitrogen and oxygen atoms in total. The van der Waals surface area contributed by atoms with Crippen LogP contribution >= 0.6 is 11.3 Å². The lowest BCUT2D eigenvalue weighted by Gasteiger charge is -2.30. The minimum Gasteiger partial charge on any atom is -0.465 e. The number of carbonyl (C=O) groups is 2. The number of nitrogens with zero attached hydrogens (tertiary/aromatic N) is 3. The van der Waals surface area contributed by atoms with Gasteiger partial charge in [-0.05, 0) is 62.1 Å². The summed E-state index contributed by atoms with van der Waals surface area (Å²) in [7, 11) is -3.65. The monoisotopic (exact) mass is 519 g/mol. The first-order chi connectivity index (χ1) is 16.7. The maximum absolute atomic E-state index is 14.5.